The fraction of sp³-hybridized carbons (Fsp3) is 0.500. The summed E-state index contributed by atoms with van der Waals surface area (Å²) in [6.45, 7) is 1.08. The molecule has 0 radical (unpaired) electrons. The fourth-order valence-corrected chi connectivity index (χ4v) is 2.73. The van der Waals surface area contributed by atoms with E-state index >= 15 is 0 Å². The number of benzene rings is 1. The largest absolute Gasteiger partial charge is 0.497 e. The fourth-order valence-electron chi connectivity index (χ4n) is 2.73. The van der Waals surface area contributed by atoms with Gasteiger partial charge in [0, 0.05) is 12.6 Å². The van der Waals surface area contributed by atoms with Gasteiger partial charge in [-0.3, -0.25) is 4.90 Å². The topological polar surface area (TPSA) is 12.5 Å². The second-order valence-corrected chi connectivity index (χ2v) is 5.42. The van der Waals surface area contributed by atoms with Gasteiger partial charge in [-0.2, -0.15) is 0 Å². The van der Waals surface area contributed by atoms with E-state index in [9.17, 15) is 0 Å². The third-order valence-corrected chi connectivity index (χ3v) is 4.12. The van der Waals surface area contributed by atoms with Gasteiger partial charge in [-0.1, -0.05) is 12.1 Å². The standard InChI is InChI=1S/C16H21NO/c1-17(14-6-7-14)10-9-13-4-3-12-5-8-15(18-2)11-16(12)13/h5,8-9,11,14H,3-4,6-7,10H2,1-2H3/b13-9+. The summed E-state index contributed by atoms with van der Waals surface area (Å²) >= 11 is 0. The highest BCUT2D eigenvalue weighted by molar-refractivity contribution is 5.73. The molecule has 1 aromatic rings. The van der Waals surface area contributed by atoms with Crippen LogP contribution in [-0.2, 0) is 6.42 Å². The Kier molecular flexibility index (Phi) is 3.13. The van der Waals surface area contributed by atoms with Gasteiger partial charge < -0.3 is 4.74 Å². The first-order valence-corrected chi connectivity index (χ1v) is 6.84. The molecule has 1 aromatic carbocycles. The van der Waals surface area contributed by atoms with Crippen molar-refractivity contribution in [1.82, 2.24) is 4.90 Å². The van der Waals surface area contributed by atoms with Crippen LogP contribution in [0.15, 0.2) is 24.3 Å². The summed E-state index contributed by atoms with van der Waals surface area (Å²) in [7, 11) is 3.97. The summed E-state index contributed by atoms with van der Waals surface area (Å²) in [6.07, 6.45) is 7.52. The Morgan fingerprint density at radius 3 is 2.89 bits per heavy atom. The van der Waals surface area contributed by atoms with E-state index in [1.54, 1.807) is 7.11 Å². The molecule has 2 nitrogen and oxygen atoms in total. The van der Waals surface area contributed by atoms with E-state index in [0.717, 1.165) is 18.3 Å². The summed E-state index contributed by atoms with van der Waals surface area (Å²) in [5.41, 5.74) is 4.37. The molecule has 18 heavy (non-hydrogen) atoms. The maximum absolute atomic E-state index is 5.32. The molecular formula is C16H21NO. The van der Waals surface area contributed by atoms with Gasteiger partial charge >= 0.3 is 0 Å². The van der Waals surface area contributed by atoms with Crippen molar-refractivity contribution in [1.29, 1.82) is 0 Å². The van der Waals surface area contributed by atoms with Gasteiger partial charge in [0.1, 0.15) is 5.75 Å². The van der Waals surface area contributed by atoms with E-state index in [0.29, 0.717) is 0 Å². The lowest BCUT2D eigenvalue weighted by Gasteiger charge is -2.13. The predicted molar refractivity (Wildman–Crippen MR) is 74.9 cm³/mol. The van der Waals surface area contributed by atoms with Crippen LogP contribution in [0, 0.1) is 0 Å². The van der Waals surface area contributed by atoms with Gasteiger partial charge in [-0.25, -0.2) is 0 Å². The van der Waals surface area contributed by atoms with Gasteiger partial charge in [0.05, 0.1) is 7.11 Å². The Bertz CT molecular complexity index is 474. The molecule has 0 spiro atoms. The van der Waals surface area contributed by atoms with Crippen molar-refractivity contribution < 1.29 is 4.74 Å². The Morgan fingerprint density at radius 1 is 1.33 bits per heavy atom. The van der Waals surface area contributed by atoms with Gasteiger partial charge in [-0.05, 0) is 61.6 Å². The number of ether oxygens (including phenoxy) is 1. The number of likely N-dealkylation sites (N-methyl/N-ethyl adjacent to an activating group) is 1. The summed E-state index contributed by atoms with van der Waals surface area (Å²) in [5, 5.41) is 0. The van der Waals surface area contributed by atoms with Crippen LogP contribution < -0.4 is 4.74 Å². The number of hydrogen-bond acceptors (Lipinski definition) is 2. The monoisotopic (exact) mass is 243 g/mol. The van der Waals surface area contributed by atoms with Crippen LogP contribution in [0.3, 0.4) is 0 Å². The molecule has 1 fully saturated rings. The number of aryl methyl sites for hydroxylation is 1. The van der Waals surface area contributed by atoms with Crippen molar-refractivity contribution in [3.8, 4) is 5.75 Å². The molecule has 1 saturated carbocycles. The Morgan fingerprint density at radius 2 is 2.17 bits per heavy atom. The van der Waals surface area contributed by atoms with Gasteiger partial charge in [0.2, 0.25) is 0 Å². The Hall–Kier alpha value is -1.28. The molecule has 0 aromatic heterocycles. The second-order valence-electron chi connectivity index (χ2n) is 5.42. The van der Waals surface area contributed by atoms with E-state index in [1.807, 2.05) is 0 Å². The predicted octanol–water partition coefficient (Wildman–Crippen LogP) is 3.12. The molecular weight excluding hydrogens is 222 g/mol. The molecule has 0 bridgehead atoms. The zero-order valence-electron chi connectivity index (χ0n) is 11.3. The molecule has 3 rings (SSSR count). The van der Waals surface area contributed by atoms with Gasteiger partial charge in [-0.15, -0.1) is 0 Å². The highest BCUT2D eigenvalue weighted by Gasteiger charge is 2.25. The maximum Gasteiger partial charge on any atom is 0.119 e. The quantitative estimate of drug-likeness (QED) is 0.805. The van der Waals surface area contributed by atoms with Crippen molar-refractivity contribution in [2.45, 2.75) is 31.7 Å². The Balaban J connectivity index is 1.77. The van der Waals surface area contributed by atoms with E-state index < -0.39 is 0 Å². The number of rotatable bonds is 4. The molecule has 96 valence electrons. The summed E-state index contributed by atoms with van der Waals surface area (Å²) in [4.78, 5) is 2.46. The van der Waals surface area contributed by atoms with Crippen molar-refractivity contribution in [2.75, 3.05) is 20.7 Å². The second kappa shape index (κ2) is 4.77. The van der Waals surface area contributed by atoms with Crippen molar-refractivity contribution in [3.05, 3.63) is 35.4 Å². The van der Waals surface area contributed by atoms with Gasteiger partial charge in [0.25, 0.3) is 0 Å². The number of methoxy groups -OCH3 is 1. The highest BCUT2D eigenvalue weighted by Crippen LogP contribution is 2.35. The van der Waals surface area contributed by atoms with Crippen LogP contribution in [0.5, 0.6) is 5.75 Å². The zero-order chi connectivity index (χ0) is 12.5. The Labute approximate surface area is 109 Å². The van der Waals surface area contributed by atoms with Crippen molar-refractivity contribution in [3.63, 3.8) is 0 Å². The summed E-state index contributed by atoms with van der Waals surface area (Å²) in [6, 6.07) is 7.30. The number of hydrogen-bond donors (Lipinski definition) is 0. The molecule has 0 unspecified atom stereocenters. The third-order valence-electron chi connectivity index (χ3n) is 4.12. The van der Waals surface area contributed by atoms with E-state index in [-0.39, 0.29) is 0 Å². The average Bonchev–Trinajstić information content (AvgIpc) is 3.17. The van der Waals surface area contributed by atoms with Crippen molar-refractivity contribution in [2.24, 2.45) is 0 Å². The van der Waals surface area contributed by atoms with E-state index in [2.05, 4.69) is 36.2 Å². The first-order chi connectivity index (χ1) is 8.78. The average molecular weight is 243 g/mol. The summed E-state index contributed by atoms with van der Waals surface area (Å²) < 4.78 is 5.32. The minimum Gasteiger partial charge on any atom is -0.497 e. The highest BCUT2D eigenvalue weighted by atomic mass is 16.5. The third kappa shape index (κ3) is 2.30. The molecule has 2 aliphatic rings. The minimum absolute atomic E-state index is 0.841. The molecule has 0 saturated heterocycles. The van der Waals surface area contributed by atoms with Crippen LogP contribution >= 0.6 is 0 Å². The van der Waals surface area contributed by atoms with Crippen LogP contribution in [0.4, 0.5) is 0 Å². The number of fused-ring (bicyclic) bond motifs is 1. The zero-order valence-corrected chi connectivity index (χ0v) is 11.3. The first-order valence-electron chi connectivity index (χ1n) is 6.84. The van der Waals surface area contributed by atoms with Crippen LogP contribution in [0.2, 0.25) is 0 Å². The lowest BCUT2D eigenvalue weighted by molar-refractivity contribution is 0.360. The molecule has 0 amide bonds. The van der Waals surface area contributed by atoms with Crippen LogP contribution in [-0.4, -0.2) is 31.6 Å². The van der Waals surface area contributed by atoms with Crippen molar-refractivity contribution >= 4 is 5.57 Å². The van der Waals surface area contributed by atoms with Crippen LogP contribution in [0.1, 0.15) is 30.4 Å². The van der Waals surface area contributed by atoms with E-state index in [4.69, 9.17) is 4.74 Å². The van der Waals surface area contributed by atoms with Gasteiger partial charge in [0.15, 0.2) is 0 Å². The van der Waals surface area contributed by atoms with Crippen LogP contribution in [0.25, 0.3) is 5.57 Å². The smallest absolute Gasteiger partial charge is 0.119 e. The normalized spacial score (nSPS) is 20.5. The SMILES string of the molecule is COc1ccc2c(c1)/C(=C/CN(C)C1CC1)CC2. The molecule has 2 aliphatic carbocycles. The number of nitrogens with zero attached hydrogens (tertiary/aromatic N) is 1. The molecule has 0 N–H and O–H groups in total. The molecule has 2 heteroatoms. The first kappa shape index (κ1) is 11.8. The number of allylic oxidation sites excluding steroid dienone is 1. The lowest BCUT2D eigenvalue weighted by atomic mass is 10.1. The molecule has 0 atom stereocenters. The maximum atomic E-state index is 5.32. The lowest BCUT2D eigenvalue weighted by Crippen LogP contribution is -2.20. The summed E-state index contributed by atoms with van der Waals surface area (Å²) in [5.74, 6) is 0.970. The van der Waals surface area contributed by atoms with E-state index in [1.165, 1.54) is 42.4 Å². The molecule has 0 aliphatic heterocycles. The minimum atomic E-state index is 0.841. The molecule has 0 heterocycles.